The maximum atomic E-state index is 13.1. The van der Waals surface area contributed by atoms with Crippen molar-refractivity contribution in [2.45, 2.75) is 483 Å². The van der Waals surface area contributed by atoms with E-state index in [2.05, 4.69) is 34.6 Å². The summed E-state index contributed by atoms with van der Waals surface area (Å²) in [5.74, 6) is -1.28. The average Bonchev–Trinajstić information content (AvgIpc) is 0.913. The molecule has 0 saturated heterocycles. The number of hydrogen-bond acceptors (Lipinski definition) is 15. The van der Waals surface area contributed by atoms with Crippen molar-refractivity contribution in [1.29, 1.82) is 0 Å². The number of unbranched alkanes of at least 4 members (excludes halogenated alkanes) is 58. The summed E-state index contributed by atoms with van der Waals surface area (Å²) in [5.41, 5.74) is 0. The van der Waals surface area contributed by atoms with Crippen molar-refractivity contribution in [1.82, 2.24) is 0 Å². The van der Waals surface area contributed by atoms with Crippen LogP contribution in [0.5, 0.6) is 0 Å². The summed E-state index contributed by atoms with van der Waals surface area (Å²) in [5, 5.41) is 10.7. The molecule has 105 heavy (non-hydrogen) atoms. The Kier molecular flexibility index (Phi) is 77.3. The third-order valence-electron chi connectivity index (χ3n) is 20.3. The Morgan fingerprint density at radius 2 is 0.438 bits per heavy atom. The van der Waals surface area contributed by atoms with E-state index < -0.39 is 97.5 Å². The Morgan fingerprint density at radius 1 is 0.257 bits per heavy atom. The van der Waals surface area contributed by atoms with Gasteiger partial charge in [0.15, 0.2) is 12.2 Å². The van der Waals surface area contributed by atoms with E-state index in [0.29, 0.717) is 25.7 Å². The highest BCUT2D eigenvalue weighted by Gasteiger charge is 2.30. The van der Waals surface area contributed by atoms with Crippen molar-refractivity contribution in [2.24, 2.45) is 5.92 Å². The SMILES string of the molecule is CCCCCCCCCCCCCCCCCCCCCC(=O)OC[C@H](COP(=O)(O)OC[C@@H](O)COP(=O)(O)OC[C@@H](COC(=O)CCCCCCCCCCCCC)OC(=O)CCCCCCCCCCCCCCCC)OC(=O)CCCCCCCCCCCCCCCCCCCCC(C)C. The molecule has 0 aromatic heterocycles. The third kappa shape index (κ3) is 79.9. The van der Waals surface area contributed by atoms with Crippen LogP contribution in [0, 0.1) is 5.92 Å². The van der Waals surface area contributed by atoms with Crippen molar-refractivity contribution >= 4 is 39.5 Å². The van der Waals surface area contributed by atoms with Gasteiger partial charge in [0.1, 0.15) is 19.3 Å². The van der Waals surface area contributed by atoms with Gasteiger partial charge in [0.25, 0.3) is 0 Å². The first-order valence-electron chi connectivity index (χ1n) is 44.6. The van der Waals surface area contributed by atoms with E-state index in [4.69, 9.17) is 37.0 Å². The highest BCUT2D eigenvalue weighted by molar-refractivity contribution is 7.47. The molecule has 0 saturated carbocycles. The standard InChI is InChI=1S/C86H168O17P2/c1-6-9-12-15-18-21-24-26-28-29-30-34-37-41-45-50-55-60-65-70-84(89)97-76-82(103-86(91)72-67-62-57-52-47-42-38-35-32-31-33-36-39-44-48-53-58-63-68-79(4)5)78-101-105(94,95)99-74-80(87)73-98-104(92,93)100-77-81(75-96-83(88)69-64-59-54-49-43-23-20-17-14-11-8-3)102-85(90)71-66-61-56-51-46-40-27-25-22-19-16-13-10-7-2/h79-82,87H,6-78H2,1-5H3,(H,92,93)(H,94,95)/t80-,81+,82+/m0/s1. The van der Waals surface area contributed by atoms with Crippen molar-refractivity contribution in [3.8, 4) is 0 Å². The Morgan fingerprint density at radius 3 is 0.648 bits per heavy atom. The van der Waals surface area contributed by atoms with Crippen LogP contribution in [0.2, 0.25) is 0 Å². The van der Waals surface area contributed by atoms with E-state index in [9.17, 15) is 43.2 Å². The zero-order valence-corrected chi connectivity index (χ0v) is 70.7. The molecule has 0 aromatic rings. The molecular formula is C86H168O17P2. The van der Waals surface area contributed by atoms with Crippen molar-refractivity contribution in [3.63, 3.8) is 0 Å². The number of rotatable bonds is 86. The van der Waals surface area contributed by atoms with Gasteiger partial charge < -0.3 is 33.8 Å². The molecule has 3 N–H and O–H groups in total. The number of carbonyl (C=O) groups is 4. The largest absolute Gasteiger partial charge is 0.472 e. The molecular weight excluding hydrogens is 1370 g/mol. The summed E-state index contributed by atoms with van der Waals surface area (Å²) in [4.78, 5) is 73.2. The number of carbonyl (C=O) groups excluding carboxylic acids is 4. The molecule has 0 heterocycles. The van der Waals surface area contributed by atoms with Crippen LogP contribution < -0.4 is 0 Å². The topological polar surface area (TPSA) is 237 Å². The number of hydrogen-bond donors (Lipinski definition) is 3. The Labute approximate surface area is 645 Å². The van der Waals surface area contributed by atoms with E-state index in [-0.39, 0.29) is 25.7 Å². The van der Waals surface area contributed by atoms with Gasteiger partial charge in [-0.15, -0.1) is 0 Å². The Hall–Kier alpha value is -1.94. The third-order valence-corrected chi connectivity index (χ3v) is 22.2. The van der Waals surface area contributed by atoms with Gasteiger partial charge in [-0.3, -0.25) is 37.3 Å². The fraction of sp³-hybridized carbons (Fsp3) is 0.953. The number of aliphatic hydroxyl groups excluding tert-OH is 1. The van der Waals surface area contributed by atoms with Gasteiger partial charge in [-0.25, -0.2) is 9.13 Å². The average molecular weight is 1540 g/mol. The number of ether oxygens (including phenoxy) is 4. The number of phosphoric acid groups is 2. The molecule has 624 valence electrons. The fourth-order valence-corrected chi connectivity index (χ4v) is 15.1. The highest BCUT2D eigenvalue weighted by Crippen LogP contribution is 2.45. The van der Waals surface area contributed by atoms with Gasteiger partial charge in [-0.05, 0) is 31.6 Å². The lowest BCUT2D eigenvalue weighted by atomic mass is 10.0. The van der Waals surface area contributed by atoms with Gasteiger partial charge in [0.2, 0.25) is 0 Å². The van der Waals surface area contributed by atoms with Crippen molar-refractivity contribution in [3.05, 3.63) is 0 Å². The molecule has 2 unspecified atom stereocenters. The van der Waals surface area contributed by atoms with Crippen molar-refractivity contribution < 1.29 is 80.2 Å². The van der Waals surface area contributed by atoms with E-state index in [1.54, 1.807) is 0 Å². The van der Waals surface area contributed by atoms with Gasteiger partial charge in [0, 0.05) is 25.7 Å². The fourth-order valence-electron chi connectivity index (χ4n) is 13.5. The summed E-state index contributed by atoms with van der Waals surface area (Å²) in [6.45, 7) is 7.40. The molecule has 0 amide bonds. The van der Waals surface area contributed by atoms with Crippen LogP contribution in [0.3, 0.4) is 0 Å². The van der Waals surface area contributed by atoms with Crippen LogP contribution in [-0.4, -0.2) is 96.7 Å². The van der Waals surface area contributed by atoms with Crippen molar-refractivity contribution in [2.75, 3.05) is 39.6 Å². The second kappa shape index (κ2) is 78.7. The quantitative estimate of drug-likeness (QED) is 0.0222. The molecule has 0 fully saturated rings. The summed E-state index contributed by atoms with van der Waals surface area (Å²) in [7, 11) is -9.93. The van der Waals surface area contributed by atoms with Gasteiger partial charge in [-0.1, -0.05) is 413 Å². The monoisotopic (exact) mass is 1540 g/mol. The number of aliphatic hydroxyl groups is 1. The minimum Gasteiger partial charge on any atom is -0.462 e. The second-order valence-electron chi connectivity index (χ2n) is 31.4. The minimum absolute atomic E-state index is 0.109. The normalized spacial score (nSPS) is 13.8. The lowest BCUT2D eigenvalue weighted by molar-refractivity contribution is -0.161. The van der Waals surface area contributed by atoms with E-state index >= 15 is 0 Å². The predicted molar refractivity (Wildman–Crippen MR) is 432 cm³/mol. The van der Waals surface area contributed by atoms with E-state index in [0.717, 1.165) is 95.8 Å². The first-order valence-corrected chi connectivity index (χ1v) is 47.6. The molecule has 0 spiro atoms. The number of phosphoric ester groups is 2. The van der Waals surface area contributed by atoms with Crippen LogP contribution in [-0.2, 0) is 65.4 Å². The molecule has 0 aliphatic rings. The summed E-state index contributed by atoms with van der Waals surface area (Å²) >= 11 is 0. The molecule has 0 aliphatic heterocycles. The molecule has 0 aromatic carbocycles. The minimum atomic E-state index is -4.97. The molecule has 17 nitrogen and oxygen atoms in total. The van der Waals surface area contributed by atoms with Gasteiger partial charge in [-0.2, -0.15) is 0 Å². The molecule has 0 aliphatic carbocycles. The molecule has 0 rings (SSSR count). The van der Waals surface area contributed by atoms with Crippen LogP contribution >= 0.6 is 15.6 Å². The van der Waals surface area contributed by atoms with Crippen LogP contribution in [0.25, 0.3) is 0 Å². The lowest BCUT2D eigenvalue weighted by Crippen LogP contribution is -2.30. The van der Waals surface area contributed by atoms with E-state index in [1.165, 1.54) is 289 Å². The zero-order valence-electron chi connectivity index (χ0n) is 68.9. The highest BCUT2D eigenvalue weighted by atomic mass is 31.2. The lowest BCUT2D eigenvalue weighted by Gasteiger charge is -2.21. The Bertz CT molecular complexity index is 2000. The molecule has 19 heteroatoms. The maximum Gasteiger partial charge on any atom is 0.472 e. The molecule has 0 radical (unpaired) electrons. The summed E-state index contributed by atoms with van der Waals surface area (Å²) < 4.78 is 68.9. The Balaban J connectivity index is 5.23. The zero-order chi connectivity index (χ0) is 76.9. The summed E-state index contributed by atoms with van der Waals surface area (Å²) in [6.07, 6.45) is 72.2. The van der Waals surface area contributed by atoms with E-state index in [1.807, 2.05) is 0 Å². The first kappa shape index (κ1) is 103. The second-order valence-corrected chi connectivity index (χ2v) is 34.3. The smallest absolute Gasteiger partial charge is 0.462 e. The number of esters is 4. The molecule has 5 atom stereocenters. The van der Waals surface area contributed by atoms with Gasteiger partial charge >= 0.3 is 39.5 Å². The van der Waals surface area contributed by atoms with Gasteiger partial charge in [0.05, 0.1) is 26.4 Å². The van der Waals surface area contributed by atoms with Crippen LogP contribution in [0.1, 0.15) is 465 Å². The first-order chi connectivity index (χ1) is 51.0. The van der Waals surface area contributed by atoms with Crippen LogP contribution in [0.15, 0.2) is 0 Å². The predicted octanol–water partition coefficient (Wildman–Crippen LogP) is 26.4. The van der Waals surface area contributed by atoms with Crippen LogP contribution in [0.4, 0.5) is 0 Å². The summed E-state index contributed by atoms with van der Waals surface area (Å²) in [6, 6.07) is 0. The molecule has 0 bridgehead atoms. The maximum absolute atomic E-state index is 13.1.